The molecule has 0 unspecified atom stereocenters. The SMILES string of the molecule is COc1ccc2cc(NC(=O)Cn3cnc4ccc(F)cc4c3=O)cnc2c1. The topological polar surface area (TPSA) is 86.1 Å². The molecule has 8 heteroatoms. The number of anilines is 1. The average Bonchev–Trinajstić information content (AvgIpc) is 2.70. The molecule has 28 heavy (non-hydrogen) atoms. The van der Waals surface area contributed by atoms with E-state index in [1.807, 2.05) is 6.07 Å². The van der Waals surface area contributed by atoms with Crippen LogP contribution in [0, 0.1) is 5.82 Å². The van der Waals surface area contributed by atoms with E-state index in [2.05, 4.69) is 15.3 Å². The number of carbonyl (C=O) groups excluding carboxylic acids is 1. The maximum atomic E-state index is 13.4. The highest BCUT2D eigenvalue weighted by Crippen LogP contribution is 2.21. The Bertz CT molecular complexity index is 1270. The molecule has 0 saturated heterocycles. The number of nitrogens with zero attached hydrogens (tertiary/aromatic N) is 3. The Kier molecular flexibility index (Phi) is 4.44. The first-order chi connectivity index (χ1) is 13.5. The van der Waals surface area contributed by atoms with Crippen molar-refractivity contribution >= 4 is 33.4 Å². The Morgan fingerprint density at radius 3 is 2.82 bits per heavy atom. The smallest absolute Gasteiger partial charge is 0.261 e. The molecule has 4 rings (SSSR count). The van der Waals surface area contributed by atoms with Gasteiger partial charge in [0.15, 0.2) is 0 Å². The van der Waals surface area contributed by atoms with Gasteiger partial charge in [0.1, 0.15) is 18.1 Å². The van der Waals surface area contributed by atoms with Crippen LogP contribution in [0.5, 0.6) is 5.75 Å². The summed E-state index contributed by atoms with van der Waals surface area (Å²) in [5, 5.41) is 3.66. The summed E-state index contributed by atoms with van der Waals surface area (Å²) in [6.45, 7) is -0.251. The lowest BCUT2D eigenvalue weighted by atomic mass is 10.2. The van der Waals surface area contributed by atoms with Gasteiger partial charge in [-0.1, -0.05) is 0 Å². The van der Waals surface area contributed by atoms with E-state index < -0.39 is 17.3 Å². The summed E-state index contributed by atoms with van der Waals surface area (Å²) in [5.41, 5.74) is 1.12. The number of ether oxygens (including phenoxy) is 1. The zero-order valence-electron chi connectivity index (χ0n) is 14.8. The number of methoxy groups -OCH3 is 1. The van der Waals surface area contributed by atoms with Crippen LogP contribution in [-0.4, -0.2) is 27.6 Å². The molecule has 0 atom stereocenters. The average molecular weight is 378 g/mol. The van der Waals surface area contributed by atoms with E-state index in [1.165, 1.54) is 24.7 Å². The first kappa shape index (κ1) is 17.6. The van der Waals surface area contributed by atoms with Gasteiger partial charge in [-0.25, -0.2) is 9.37 Å². The monoisotopic (exact) mass is 378 g/mol. The lowest BCUT2D eigenvalue weighted by Crippen LogP contribution is -2.28. The van der Waals surface area contributed by atoms with E-state index in [0.29, 0.717) is 17.0 Å². The van der Waals surface area contributed by atoms with Gasteiger partial charge in [-0.2, -0.15) is 0 Å². The van der Waals surface area contributed by atoms with E-state index in [9.17, 15) is 14.0 Å². The van der Waals surface area contributed by atoms with Crippen molar-refractivity contribution in [1.29, 1.82) is 0 Å². The molecule has 1 N–H and O–H groups in total. The molecule has 2 aromatic carbocycles. The third-order valence-corrected chi connectivity index (χ3v) is 4.28. The Balaban J connectivity index is 1.56. The molecular formula is C20H15FN4O3. The van der Waals surface area contributed by atoms with Crippen molar-refractivity contribution in [2.45, 2.75) is 6.54 Å². The zero-order valence-corrected chi connectivity index (χ0v) is 14.8. The molecular weight excluding hydrogens is 363 g/mol. The van der Waals surface area contributed by atoms with Crippen molar-refractivity contribution in [3.05, 3.63) is 71.2 Å². The molecule has 140 valence electrons. The van der Waals surface area contributed by atoms with Crippen molar-refractivity contribution in [1.82, 2.24) is 14.5 Å². The van der Waals surface area contributed by atoms with Gasteiger partial charge in [-0.3, -0.25) is 19.1 Å². The van der Waals surface area contributed by atoms with Crippen LogP contribution in [0.15, 0.2) is 59.8 Å². The number of halogens is 1. The molecule has 0 saturated carbocycles. The summed E-state index contributed by atoms with van der Waals surface area (Å²) in [4.78, 5) is 33.2. The summed E-state index contributed by atoms with van der Waals surface area (Å²) < 4.78 is 19.7. The van der Waals surface area contributed by atoms with Crippen LogP contribution in [0.4, 0.5) is 10.1 Å². The molecule has 0 spiro atoms. The number of nitrogens with one attached hydrogen (secondary N) is 1. The fraction of sp³-hybridized carbons (Fsp3) is 0.100. The van der Waals surface area contributed by atoms with Gasteiger partial charge in [-0.15, -0.1) is 0 Å². The van der Waals surface area contributed by atoms with Gasteiger partial charge < -0.3 is 10.1 Å². The number of carbonyl (C=O) groups is 1. The van der Waals surface area contributed by atoms with E-state index >= 15 is 0 Å². The predicted octanol–water partition coefficient (Wildman–Crippen LogP) is 2.73. The van der Waals surface area contributed by atoms with Gasteiger partial charge in [-0.05, 0) is 36.4 Å². The highest BCUT2D eigenvalue weighted by Gasteiger charge is 2.10. The Morgan fingerprint density at radius 1 is 1.14 bits per heavy atom. The minimum absolute atomic E-state index is 0.122. The Hall–Kier alpha value is -3.81. The Labute approximate surface area is 158 Å². The minimum Gasteiger partial charge on any atom is -0.497 e. The molecule has 4 aromatic rings. The number of rotatable bonds is 4. The maximum absolute atomic E-state index is 13.4. The molecule has 0 bridgehead atoms. The standard InChI is InChI=1S/C20H15FN4O3/c1-28-15-4-2-12-6-14(9-22-18(12)8-15)24-19(26)10-25-11-23-17-5-3-13(21)7-16(17)20(25)27/h2-9,11H,10H2,1H3,(H,24,26). The fourth-order valence-electron chi connectivity index (χ4n) is 2.90. The molecule has 0 aliphatic heterocycles. The number of benzene rings is 2. The van der Waals surface area contributed by atoms with Crippen LogP contribution >= 0.6 is 0 Å². The van der Waals surface area contributed by atoms with Crippen molar-refractivity contribution in [3.8, 4) is 5.75 Å². The highest BCUT2D eigenvalue weighted by atomic mass is 19.1. The van der Waals surface area contributed by atoms with Crippen molar-refractivity contribution in [3.63, 3.8) is 0 Å². The molecule has 0 radical (unpaired) electrons. The second-order valence-electron chi connectivity index (χ2n) is 6.17. The van der Waals surface area contributed by atoms with Crippen molar-refractivity contribution in [2.75, 3.05) is 12.4 Å². The van der Waals surface area contributed by atoms with Gasteiger partial charge >= 0.3 is 0 Å². The number of aromatic nitrogens is 3. The normalized spacial score (nSPS) is 10.9. The van der Waals surface area contributed by atoms with Crippen LogP contribution in [-0.2, 0) is 11.3 Å². The minimum atomic E-state index is -0.535. The summed E-state index contributed by atoms with van der Waals surface area (Å²) in [6.07, 6.45) is 2.80. The number of pyridine rings is 1. The molecule has 0 aliphatic carbocycles. The van der Waals surface area contributed by atoms with Crippen molar-refractivity contribution < 1.29 is 13.9 Å². The second kappa shape index (κ2) is 7.07. The van der Waals surface area contributed by atoms with E-state index in [0.717, 1.165) is 21.5 Å². The molecule has 7 nitrogen and oxygen atoms in total. The summed E-state index contributed by atoms with van der Waals surface area (Å²) in [7, 11) is 1.58. The lowest BCUT2D eigenvalue weighted by Gasteiger charge is -2.09. The van der Waals surface area contributed by atoms with Crippen LogP contribution < -0.4 is 15.6 Å². The van der Waals surface area contributed by atoms with Crippen LogP contribution in [0.2, 0.25) is 0 Å². The maximum Gasteiger partial charge on any atom is 0.261 e. The molecule has 2 aromatic heterocycles. The Morgan fingerprint density at radius 2 is 2.00 bits per heavy atom. The fourth-order valence-corrected chi connectivity index (χ4v) is 2.90. The molecule has 0 fully saturated rings. The summed E-state index contributed by atoms with van der Waals surface area (Å²) >= 11 is 0. The van der Waals surface area contributed by atoms with Crippen LogP contribution in [0.3, 0.4) is 0 Å². The van der Waals surface area contributed by atoms with Crippen LogP contribution in [0.25, 0.3) is 21.8 Å². The third-order valence-electron chi connectivity index (χ3n) is 4.28. The largest absolute Gasteiger partial charge is 0.497 e. The molecule has 0 aliphatic rings. The number of hydrogen-bond donors (Lipinski definition) is 1. The summed E-state index contributed by atoms with van der Waals surface area (Å²) in [5.74, 6) is -0.266. The first-order valence-electron chi connectivity index (χ1n) is 8.42. The highest BCUT2D eigenvalue weighted by molar-refractivity contribution is 5.93. The van der Waals surface area contributed by atoms with Gasteiger partial charge in [0, 0.05) is 11.5 Å². The van der Waals surface area contributed by atoms with Gasteiger partial charge in [0.2, 0.25) is 5.91 Å². The van der Waals surface area contributed by atoms with E-state index in [1.54, 1.807) is 25.3 Å². The summed E-state index contributed by atoms with van der Waals surface area (Å²) in [6, 6.07) is 11.0. The number of amides is 1. The number of hydrogen-bond acceptors (Lipinski definition) is 5. The van der Waals surface area contributed by atoms with Gasteiger partial charge in [0.05, 0.1) is 41.7 Å². The van der Waals surface area contributed by atoms with E-state index in [-0.39, 0.29) is 11.9 Å². The second-order valence-corrected chi connectivity index (χ2v) is 6.17. The zero-order chi connectivity index (χ0) is 19.7. The van der Waals surface area contributed by atoms with Crippen molar-refractivity contribution in [2.24, 2.45) is 0 Å². The number of fused-ring (bicyclic) bond motifs is 2. The van der Waals surface area contributed by atoms with Crippen LogP contribution in [0.1, 0.15) is 0 Å². The quantitative estimate of drug-likeness (QED) is 0.590. The van der Waals surface area contributed by atoms with E-state index in [4.69, 9.17) is 4.74 Å². The first-order valence-corrected chi connectivity index (χ1v) is 8.42. The predicted molar refractivity (Wildman–Crippen MR) is 103 cm³/mol. The lowest BCUT2D eigenvalue weighted by molar-refractivity contribution is -0.116. The molecule has 1 amide bonds. The third kappa shape index (κ3) is 3.39. The molecule has 2 heterocycles. The van der Waals surface area contributed by atoms with Gasteiger partial charge in [0.25, 0.3) is 5.56 Å².